The van der Waals surface area contributed by atoms with Gasteiger partial charge in [0.25, 0.3) is 0 Å². The van der Waals surface area contributed by atoms with Crippen molar-refractivity contribution < 1.29 is 14.3 Å². The molecule has 6 heteroatoms. The average Bonchev–Trinajstić information content (AvgIpc) is 2.77. The zero-order valence-corrected chi connectivity index (χ0v) is 12.4. The first-order valence-electron chi connectivity index (χ1n) is 7.00. The molecule has 1 aliphatic rings. The highest BCUT2D eigenvalue weighted by Crippen LogP contribution is 2.24. The lowest BCUT2D eigenvalue weighted by Crippen LogP contribution is -2.29. The van der Waals surface area contributed by atoms with Crippen LogP contribution in [0.4, 0.5) is 11.4 Å². The van der Waals surface area contributed by atoms with Crippen molar-refractivity contribution in [1.29, 1.82) is 0 Å². The van der Waals surface area contributed by atoms with Crippen LogP contribution < -0.4 is 15.8 Å². The minimum absolute atomic E-state index is 0.124. The SMILES string of the molecule is COc1ccc(NC(=O)CCN2CC(C)CC2=O)c(N)c1. The number of benzene rings is 1. The number of amides is 2. The van der Waals surface area contributed by atoms with Crippen molar-refractivity contribution in [3.8, 4) is 5.75 Å². The fourth-order valence-electron chi connectivity index (χ4n) is 2.42. The minimum Gasteiger partial charge on any atom is -0.497 e. The monoisotopic (exact) mass is 291 g/mol. The van der Waals surface area contributed by atoms with Crippen LogP contribution in [0.5, 0.6) is 5.75 Å². The van der Waals surface area contributed by atoms with Crippen LogP contribution >= 0.6 is 0 Å². The Kier molecular flexibility index (Phi) is 4.67. The molecule has 1 aromatic carbocycles. The van der Waals surface area contributed by atoms with Gasteiger partial charge in [-0.1, -0.05) is 6.92 Å². The van der Waals surface area contributed by atoms with Gasteiger partial charge in [-0.2, -0.15) is 0 Å². The van der Waals surface area contributed by atoms with Gasteiger partial charge >= 0.3 is 0 Å². The Morgan fingerprint density at radius 2 is 2.29 bits per heavy atom. The summed E-state index contributed by atoms with van der Waals surface area (Å²) in [6, 6.07) is 5.09. The van der Waals surface area contributed by atoms with Gasteiger partial charge in [0.1, 0.15) is 5.75 Å². The number of nitrogen functional groups attached to an aromatic ring is 1. The molecule has 1 saturated heterocycles. The third-order valence-electron chi connectivity index (χ3n) is 3.55. The van der Waals surface area contributed by atoms with Crippen molar-refractivity contribution in [2.24, 2.45) is 5.92 Å². The second-order valence-electron chi connectivity index (χ2n) is 5.40. The van der Waals surface area contributed by atoms with Crippen molar-refractivity contribution in [3.63, 3.8) is 0 Å². The summed E-state index contributed by atoms with van der Waals surface area (Å²) < 4.78 is 5.05. The first kappa shape index (κ1) is 15.2. The predicted octanol–water partition coefficient (Wildman–Crippen LogP) is 1.47. The van der Waals surface area contributed by atoms with Crippen LogP contribution in [-0.4, -0.2) is 36.9 Å². The number of carbonyl (C=O) groups excluding carboxylic acids is 2. The first-order valence-corrected chi connectivity index (χ1v) is 7.00. The molecule has 1 aliphatic heterocycles. The molecule has 2 rings (SSSR count). The maximum Gasteiger partial charge on any atom is 0.226 e. The van der Waals surface area contributed by atoms with Gasteiger partial charge in [-0.25, -0.2) is 0 Å². The summed E-state index contributed by atoms with van der Waals surface area (Å²) in [4.78, 5) is 25.3. The predicted molar refractivity (Wildman–Crippen MR) is 81.0 cm³/mol. The van der Waals surface area contributed by atoms with Crippen molar-refractivity contribution in [1.82, 2.24) is 4.90 Å². The van der Waals surface area contributed by atoms with Gasteiger partial charge in [-0.05, 0) is 18.1 Å². The highest BCUT2D eigenvalue weighted by Gasteiger charge is 2.26. The molecule has 1 unspecified atom stereocenters. The molecule has 1 fully saturated rings. The summed E-state index contributed by atoms with van der Waals surface area (Å²) in [7, 11) is 1.56. The third kappa shape index (κ3) is 3.87. The number of hydrogen-bond acceptors (Lipinski definition) is 4. The highest BCUT2D eigenvalue weighted by atomic mass is 16.5. The lowest BCUT2D eigenvalue weighted by atomic mass is 10.2. The Morgan fingerprint density at radius 1 is 1.52 bits per heavy atom. The zero-order valence-electron chi connectivity index (χ0n) is 12.4. The smallest absolute Gasteiger partial charge is 0.226 e. The number of rotatable bonds is 5. The number of anilines is 2. The molecule has 114 valence electrons. The number of ether oxygens (including phenoxy) is 1. The first-order chi connectivity index (χ1) is 9.99. The number of methoxy groups -OCH3 is 1. The number of carbonyl (C=O) groups is 2. The van der Waals surface area contributed by atoms with E-state index in [0.717, 1.165) is 6.54 Å². The molecule has 1 atom stereocenters. The van der Waals surface area contributed by atoms with E-state index in [1.54, 1.807) is 30.2 Å². The van der Waals surface area contributed by atoms with E-state index >= 15 is 0 Å². The van der Waals surface area contributed by atoms with Crippen LogP contribution in [-0.2, 0) is 9.59 Å². The number of nitrogens with two attached hydrogens (primary N) is 1. The van der Waals surface area contributed by atoms with Gasteiger partial charge in [0, 0.05) is 32.0 Å². The Labute approximate surface area is 124 Å². The van der Waals surface area contributed by atoms with E-state index in [4.69, 9.17) is 10.5 Å². The van der Waals surface area contributed by atoms with Crippen molar-refractivity contribution >= 4 is 23.2 Å². The van der Waals surface area contributed by atoms with E-state index in [2.05, 4.69) is 5.32 Å². The van der Waals surface area contributed by atoms with Crippen LogP contribution in [0.15, 0.2) is 18.2 Å². The van der Waals surface area contributed by atoms with Gasteiger partial charge in [-0.15, -0.1) is 0 Å². The quantitative estimate of drug-likeness (QED) is 0.805. The van der Waals surface area contributed by atoms with Gasteiger partial charge in [0.05, 0.1) is 18.5 Å². The van der Waals surface area contributed by atoms with Gasteiger partial charge < -0.3 is 20.7 Å². The van der Waals surface area contributed by atoms with E-state index < -0.39 is 0 Å². The number of nitrogens with one attached hydrogen (secondary N) is 1. The summed E-state index contributed by atoms with van der Waals surface area (Å²) in [5, 5.41) is 2.75. The Hall–Kier alpha value is -2.24. The molecule has 0 bridgehead atoms. The summed E-state index contributed by atoms with van der Waals surface area (Å²) >= 11 is 0. The Balaban J connectivity index is 1.86. The highest BCUT2D eigenvalue weighted by molar-refractivity contribution is 5.94. The molecule has 0 radical (unpaired) electrons. The summed E-state index contributed by atoms with van der Waals surface area (Å²) in [6.45, 7) is 3.22. The normalized spacial score (nSPS) is 17.9. The fourth-order valence-corrected chi connectivity index (χ4v) is 2.42. The lowest BCUT2D eigenvalue weighted by Gasteiger charge is -2.16. The third-order valence-corrected chi connectivity index (χ3v) is 3.55. The molecule has 2 amide bonds. The van der Waals surface area contributed by atoms with E-state index in [1.165, 1.54) is 0 Å². The van der Waals surface area contributed by atoms with E-state index in [0.29, 0.717) is 36.0 Å². The summed E-state index contributed by atoms with van der Waals surface area (Å²) in [5.74, 6) is 0.985. The fraction of sp³-hybridized carbons (Fsp3) is 0.467. The molecular weight excluding hydrogens is 270 g/mol. The Morgan fingerprint density at radius 3 is 2.86 bits per heavy atom. The van der Waals surface area contributed by atoms with E-state index in [-0.39, 0.29) is 18.2 Å². The molecule has 0 aromatic heterocycles. The summed E-state index contributed by atoms with van der Waals surface area (Å²) in [6.07, 6.45) is 0.844. The number of hydrogen-bond donors (Lipinski definition) is 2. The van der Waals surface area contributed by atoms with Gasteiger partial charge in [0.15, 0.2) is 0 Å². The molecule has 6 nitrogen and oxygen atoms in total. The molecule has 0 aliphatic carbocycles. The standard InChI is InChI=1S/C15H21N3O3/c1-10-7-15(20)18(9-10)6-5-14(19)17-13-4-3-11(21-2)8-12(13)16/h3-4,8,10H,5-7,9,16H2,1-2H3,(H,17,19). The second-order valence-corrected chi connectivity index (χ2v) is 5.40. The van der Waals surface area contributed by atoms with Crippen molar-refractivity contribution in [2.75, 3.05) is 31.2 Å². The maximum absolute atomic E-state index is 11.9. The molecule has 21 heavy (non-hydrogen) atoms. The van der Waals surface area contributed by atoms with Crippen LogP contribution in [0.25, 0.3) is 0 Å². The van der Waals surface area contributed by atoms with Gasteiger partial charge in [-0.3, -0.25) is 9.59 Å². The summed E-state index contributed by atoms with van der Waals surface area (Å²) in [5.41, 5.74) is 6.85. The van der Waals surface area contributed by atoms with E-state index in [1.807, 2.05) is 6.92 Å². The largest absolute Gasteiger partial charge is 0.497 e. The molecule has 0 saturated carbocycles. The second kappa shape index (κ2) is 6.47. The zero-order chi connectivity index (χ0) is 15.4. The molecule has 1 aromatic rings. The van der Waals surface area contributed by atoms with Crippen LogP contribution in [0.1, 0.15) is 19.8 Å². The van der Waals surface area contributed by atoms with Crippen LogP contribution in [0, 0.1) is 5.92 Å². The van der Waals surface area contributed by atoms with Crippen molar-refractivity contribution in [3.05, 3.63) is 18.2 Å². The average molecular weight is 291 g/mol. The van der Waals surface area contributed by atoms with Crippen LogP contribution in [0.2, 0.25) is 0 Å². The number of nitrogens with zero attached hydrogens (tertiary/aromatic N) is 1. The Bertz CT molecular complexity index is 545. The molecule has 3 N–H and O–H groups in total. The number of likely N-dealkylation sites (tertiary alicyclic amines) is 1. The van der Waals surface area contributed by atoms with E-state index in [9.17, 15) is 9.59 Å². The van der Waals surface area contributed by atoms with Gasteiger partial charge in [0.2, 0.25) is 11.8 Å². The topological polar surface area (TPSA) is 84.7 Å². The molecular formula is C15H21N3O3. The minimum atomic E-state index is -0.154. The maximum atomic E-state index is 11.9. The van der Waals surface area contributed by atoms with Crippen molar-refractivity contribution in [2.45, 2.75) is 19.8 Å². The van der Waals surface area contributed by atoms with Crippen LogP contribution in [0.3, 0.4) is 0 Å². The lowest BCUT2D eigenvalue weighted by molar-refractivity contribution is -0.128. The molecule has 1 heterocycles. The molecule has 0 spiro atoms.